The van der Waals surface area contributed by atoms with Crippen molar-refractivity contribution < 1.29 is 28.2 Å². The van der Waals surface area contributed by atoms with Gasteiger partial charge in [0.05, 0.1) is 22.7 Å². The van der Waals surface area contributed by atoms with Gasteiger partial charge in [0.1, 0.15) is 17.4 Å². The molecule has 0 bridgehead atoms. The molecule has 25 heavy (non-hydrogen) atoms. The molecule has 0 aliphatic rings. The Morgan fingerprint density at radius 1 is 1.24 bits per heavy atom. The van der Waals surface area contributed by atoms with Crippen molar-refractivity contribution in [3.63, 3.8) is 0 Å². The SMILES string of the molecule is COC(=O)CCNC(=O)c1cc(-c2ccc(F)cc2F)cc(I)c1O. The van der Waals surface area contributed by atoms with E-state index >= 15 is 0 Å². The zero-order valence-electron chi connectivity index (χ0n) is 13.1. The Kier molecular flexibility index (Phi) is 6.29. The molecule has 0 aliphatic heterocycles. The van der Waals surface area contributed by atoms with Gasteiger partial charge >= 0.3 is 5.97 Å². The molecule has 8 heteroatoms. The molecule has 0 saturated carbocycles. The first kappa shape index (κ1) is 19.1. The maximum atomic E-state index is 14.0. The number of carbonyl (C=O) groups is 2. The summed E-state index contributed by atoms with van der Waals surface area (Å²) in [5.74, 6) is -2.86. The van der Waals surface area contributed by atoms with Gasteiger partial charge in [0, 0.05) is 18.2 Å². The second-order valence-corrected chi connectivity index (χ2v) is 6.22. The maximum absolute atomic E-state index is 14.0. The molecular weight excluding hydrogens is 447 g/mol. The summed E-state index contributed by atoms with van der Waals surface area (Å²) in [4.78, 5) is 23.3. The fourth-order valence-corrected chi connectivity index (χ4v) is 2.75. The molecule has 0 atom stereocenters. The number of esters is 1. The van der Waals surface area contributed by atoms with E-state index in [1.807, 2.05) is 22.6 Å². The molecule has 0 aliphatic carbocycles. The van der Waals surface area contributed by atoms with Gasteiger partial charge in [-0.05, 0) is 52.4 Å². The summed E-state index contributed by atoms with van der Waals surface area (Å²) in [6, 6.07) is 5.89. The molecule has 2 rings (SSSR count). The molecule has 0 fully saturated rings. The van der Waals surface area contributed by atoms with Crippen LogP contribution in [-0.2, 0) is 9.53 Å². The number of hydrogen-bond acceptors (Lipinski definition) is 4. The van der Waals surface area contributed by atoms with E-state index in [0.29, 0.717) is 9.13 Å². The first-order valence-electron chi connectivity index (χ1n) is 7.16. The minimum atomic E-state index is -0.779. The molecule has 2 N–H and O–H groups in total. The third kappa shape index (κ3) is 4.65. The lowest BCUT2D eigenvalue weighted by Gasteiger charge is -2.11. The van der Waals surface area contributed by atoms with Crippen molar-refractivity contribution in [2.75, 3.05) is 13.7 Å². The van der Waals surface area contributed by atoms with Crippen LogP contribution in [-0.4, -0.2) is 30.6 Å². The lowest BCUT2D eigenvalue weighted by molar-refractivity contribution is -0.140. The zero-order valence-corrected chi connectivity index (χ0v) is 15.3. The standard InChI is InChI=1S/C17H14F2INO4/c1-25-15(22)4-5-21-17(24)12-6-9(7-14(20)16(12)23)11-3-2-10(18)8-13(11)19/h2-3,6-8,23H,4-5H2,1H3,(H,21,24). The highest BCUT2D eigenvalue weighted by atomic mass is 127. The van der Waals surface area contributed by atoms with E-state index in [1.165, 1.54) is 25.3 Å². The topological polar surface area (TPSA) is 75.6 Å². The van der Waals surface area contributed by atoms with Crippen molar-refractivity contribution in [3.8, 4) is 16.9 Å². The average molecular weight is 461 g/mol. The summed E-state index contributed by atoms with van der Waals surface area (Å²) >= 11 is 1.81. The minimum Gasteiger partial charge on any atom is -0.506 e. The number of ether oxygens (including phenoxy) is 1. The Labute approximate surface area is 156 Å². The van der Waals surface area contributed by atoms with Crippen molar-refractivity contribution in [1.82, 2.24) is 5.32 Å². The van der Waals surface area contributed by atoms with E-state index in [1.54, 1.807) is 0 Å². The van der Waals surface area contributed by atoms with E-state index in [4.69, 9.17) is 0 Å². The lowest BCUT2D eigenvalue weighted by atomic mass is 10.0. The summed E-state index contributed by atoms with van der Waals surface area (Å²) in [6.07, 6.45) is -0.0215. The van der Waals surface area contributed by atoms with E-state index < -0.39 is 23.5 Å². The lowest BCUT2D eigenvalue weighted by Crippen LogP contribution is -2.26. The monoisotopic (exact) mass is 461 g/mol. The van der Waals surface area contributed by atoms with Gasteiger partial charge in [-0.25, -0.2) is 8.78 Å². The van der Waals surface area contributed by atoms with Crippen molar-refractivity contribution in [3.05, 3.63) is 51.1 Å². The Hall–Kier alpha value is -2.23. The molecule has 0 radical (unpaired) electrons. The number of halogens is 3. The molecule has 5 nitrogen and oxygen atoms in total. The highest BCUT2D eigenvalue weighted by Crippen LogP contribution is 2.32. The van der Waals surface area contributed by atoms with Crippen LogP contribution in [0.2, 0.25) is 0 Å². The Morgan fingerprint density at radius 3 is 2.60 bits per heavy atom. The molecule has 0 aromatic heterocycles. The van der Waals surface area contributed by atoms with Gasteiger partial charge in [-0.15, -0.1) is 0 Å². The molecule has 2 aromatic carbocycles. The number of phenolic OH excluding ortho intramolecular Hbond substituents is 1. The zero-order chi connectivity index (χ0) is 18.6. The number of aromatic hydroxyl groups is 1. The smallest absolute Gasteiger partial charge is 0.307 e. The number of amides is 1. The van der Waals surface area contributed by atoms with Crippen LogP contribution in [0.4, 0.5) is 8.78 Å². The van der Waals surface area contributed by atoms with Gasteiger partial charge < -0.3 is 15.2 Å². The summed E-state index contributed by atoms with van der Waals surface area (Å²) in [6.45, 7) is 0.0245. The van der Waals surface area contributed by atoms with Gasteiger partial charge in [-0.1, -0.05) is 0 Å². The number of phenols is 1. The number of methoxy groups -OCH3 is 1. The Morgan fingerprint density at radius 2 is 1.96 bits per heavy atom. The highest BCUT2D eigenvalue weighted by molar-refractivity contribution is 14.1. The first-order valence-corrected chi connectivity index (χ1v) is 8.24. The number of hydrogen-bond donors (Lipinski definition) is 2. The fourth-order valence-electron chi connectivity index (χ4n) is 2.13. The molecule has 132 valence electrons. The van der Waals surface area contributed by atoms with Crippen LogP contribution in [0.1, 0.15) is 16.8 Å². The van der Waals surface area contributed by atoms with E-state index in [0.717, 1.165) is 12.1 Å². The second-order valence-electron chi connectivity index (χ2n) is 5.06. The summed E-state index contributed by atoms with van der Waals surface area (Å²) in [7, 11) is 1.24. The van der Waals surface area contributed by atoms with Crippen molar-refractivity contribution >= 4 is 34.5 Å². The number of carbonyl (C=O) groups excluding carboxylic acids is 2. The van der Waals surface area contributed by atoms with Crippen molar-refractivity contribution in [1.29, 1.82) is 0 Å². The third-order valence-corrected chi connectivity index (χ3v) is 4.21. The van der Waals surface area contributed by atoms with Gasteiger partial charge in [-0.3, -0.25) is 9.59 Å². The van der Waals surface area contributed by atoms with Gasteiger partial charge in [0.2, 0.25) is 0 Å². The van der Waals surface area contributed by atoms with Crippen molar-refractivity contribution in [2.45, 2.75) is 6.42 Å². The number of rotatable bonds is 5. The molecule has 0 spiro atoms. The Balaban J connectivity index is 2.31. The van der Waals surface area contributed by atoms with Gasteiger partial charge in [-0.2, -0.15) is 0 Å². The minimum absolute atomic E-state index is 0.0215. The van der Waals surface area contributed by atoms with Crippen LogP contribution >= 0.6 is 22.6 Å². The predicted molar refractivity (Wildman–Crippen MR) is 95.1 cm³/mol. The molecule has 0 unspecified atom stereocenters. The Bertz CT molecular complexity index is 827. The van der Waals surface area contributed by atoms with Crippen LogP contribution in [0.5, 0.6) is 5.75 Å². The van der Waals surface area contributed by atoms with Crippen LogP contribution < -0.4 is 5.32 Å². The number of benzene rings is 2. The van der Waals surface area contributed by atoms with Crippen LogP contribution in [0.15, 0.2) is 30.3 Å². The molecule has 0 heterocycles. The summed E-state index contributed by atoms with van der Waals surface area (Å²) in [5, 5.41) is 12.6. The van der Waals surface area contributed by atoms with Crippen LogP contribution in [0, 0.1) is 15.2 Å². The second kappa shape index (κ2) is 8.24. The third-order valence-electron chi connectivity index (χ3n) is 3.39. The maximum Gasteiger partial charge on any atom is 0.307 e. The van der Waals surface area contributed by atoms with E-state index in [-0.39, 0.29) is 29.8 Å². The highest BCUT2D eigenvalue weighted by Gasteiger charge is 2.18. The molecular formula is C17H14F2INO4. The summed E-state index contributed by atoms with van der Waals surface area (Å²) < 4.78 is 31.8. The quantitative estimate of drug-likeness (QED) is 0.530. The van der Waals surface area contributed by atoms with Gasteiger partial charge in [0.15, 0.2) is 0 Å². The molecule has 1 amide bonds. The van der Waals surface area contributed by atoms with Crippen LogP contribution in [0.3, 0.4) is 0 Å². The van der Waals surface area contributed by atoms with Crippen molar-refractivity contribution in [2.24, 2.45) is 0 Å². The molecule has 2 aromatic rings. The number of nitrogens with one attached hydrogen (secondary N) is 1. The summed E-state index contributed by atoms with van der Waals surface area (Å²) in [5.41, 5.74) is 0.344. The average Bonchev–Trinajstić information content (AvgIpc) is 2.57. The largest absolute Gasteiger partial charge is 0.506 e. The predicted octanol–water partition coefficient (Wildman–Crippen LogP) is 3.23. The fraction of sp³-hybridized carbons (Fsp3) is 0.176. The van der Waals surface area contributed by atoms with E-state index in [2.05, 4.69) is 10.1 Å². The first-order chi connectivity index (χ1) is 11.8. The molecule has 0 saturated heterocycles. The van der Waals surface area contributed by atoms with Crippen LogP contribution in [0.25, 0.3) is 11.1 Å². The normalized spacial score (nSPS) is 10.4. The van der Waals surface area contributed by atoms with E-state index in [9.17, 15) is 23.5 Å². The van der Waals surface area contributed by atoms with Gasteiger partial charge in [0.25, 0.3) is 5.91 Å².